The summed E-state index contributed by atoms with van der Waals surface area (Å²) in [7, 11) is 0. The SMILES string of the molecule is CC1(C)C2CCC1C(C)(O)C2(C)O. The zero-order valence-electron chi connectivity index (χ0n) is 8.96. The van der Waals surface area contributed by atoms with Crippen molar-refractivity contribution in [2.45, 2.75) is 51.7 Å². The molecule has 0 spiro atoms. The predicted molar refractivity (Wildman–Crippen MR) is 51.2 cm³/mol. The average Bonchev–Trinajstić information content (AvgIpc) is 2.27. The van der Waals surface area contributed by atoms with Crippen LogP contribution in [0.15, 0.2) is 0 Å². The van der Waals surface area contributed by atoms with Crippen LogP contribution in [-0.4, -0.2) is 21.4 Å². The molecule has 2 fully saturated rings. The molecule has 0 aromatic carbocycles. The van der Waals surface area contributed by atoms with Crippen LogP contribution >= 0.6 is 0 Å². The topological polar surface area (TPSA) is 40.5 Å². The van der Waals surface area contributed by atoms with E-state index in [2.05, 4.69) is 13.8 Å². The quantitative estimate of drug-likeness (QED) is 0.599. The second-order valence-corrected chi connectivity index (χ2v) is 5.80. The predicted octanol–water partition coefficient (Wildman–Crippen LogP) is 1.55. The standard InChI is InChI=1S/C11H20O2/c1-9(2)7-5-6-8(9)11(4,13)10(7,3)12/h7-8,12-13H,5-6H2,1-4H3. The first-order chi connectivity index (χ1) is 5.72. The van der Waals surface area contributed by atoms with E-state index in [1.807, 2.05) is 0 Å². The van der Waals surface area contributed by atoms with Crippen LogP contribution in [0, 0.1) is 17.3 Å². The lowest BCUT2D eigenvalue weighted by atomic mass is 9.74. The average molecular weight is 184 g/mol. The fourth-order valence-electron chi connectivity index (χ4n) is 4.04. The van der Waals surface area contributed by atoms with Gasteiger partial charge in [0.1, 0.15) is 0 Å². The molecule has 2 aliphatic rings. The zero-order valence-corrected chi connectivity index (χ0v) is 8.96. The van der Waals surface area contributed by atoms with Gasteiger partial charge in [-0.15, -0.1) is 0 Å². The van der Waals surface area contributed by atoms with Crippen molar-refractivity contribution in [2.24, 2.45) is 17.3 Å². The largest absolute Gasteiger partial charge is 0.387 e. The summed E-state index contributed by atoms with van der Waals surface area (Å²) in [5, 5.41) is 20.6. The highest BCUT2D eigenvalue weighted by molar-refractivity contribution is 5.20. The van der Waals surface area contributed by atoms with Crippen molar-refractivity contribution in [1.82, 2.24) is 0 Å². The molecule has 2 N–H and O–H groups in total. The number of hydrogen-bond donors (Lipinski definition) is 2. The van der Waals surface area contributed by atoms with Crippen molar-refractivity contribution in [2.75, 3.05) is 0 Å². The third-order valence-electron chi connectivity index (χ3n) is 4.92. The van der Waals surface area contributed by atoms with Gasteiger partial charge in [0.25, 0.3) is 0 Å². The number of hydrogen-bond acceptors (Lipinski definition) is 2. The Kier molecular flexibility index (Phi) is 1.54. The van der Waals surface area contributed by atoms with Crippen LogP contribution in [0.2, 0.25) is 0 Å². The molecule has 4 unspecified atom stereocenters. The molecule has 76 valence electrons. The molecule has 2 bridgehead atoms. The Morgan fingerprint density at radius 3 is 1.31 bits per heavy atom. The maximum absolute atomic E-state index is 10.3. The summed E-state index contributed by atoms with van der Waals surface area (Å²) < 4.78 is 0. The summed E-state index contributed by atoms with van der Waals surface area (Å²) >= 11 is 0. The van der Waals surface area contributed by atoms with E-state index in [-0.39, 0.29) is 17.3 Å². The van der Waals surface area contributed by atoms with E-state index in [0.29, 0.717) is 0 Å². The van der Waals surface area contributed by atoms with E-state index in [9.17, 15) is 10.2 Å². The monoisotopic (exact) mass is 184 g/mol. The first kappa shape index (κ1) is 9.47. The first-order valence-electron chi connectivity index (χ1n) is 5.17. The Balaban J connectivity index is 2.50. The summed E-state index contributed by atoms with van der Waals surface area (Å²) in [6, 6.07) is 0. The molecule has 0 aliphatic heterocycles. The molecule has 4 atom stereocenters. The van der Waals surface area contributed by atoms with E-state index in [1.165, 1.54) is 0 Å². The fraction of sp³-hybridized carbons (Fsp3) is 1.00. The Bertz CT molecular complexity index is 216. The molecule has 2 heteroatoms. The maximum atomic E-state index is 10.3. The van der Waals surface area contributed by atoms with Crippen molar-refractivity contribution < 1.29 is 10.2 Å². The Hall–Kier alpha value is -0.0800. The summed E-state index contributed by atoms with van der Waals surface area (Å²) in [5.41, 5.74) is -1.72. The van der Waals surface area contributed by atoms with Crippen LogP contribution < -0.4 is 0 Å². The van der Waals surface area contributed by atoms with Crippen molar-refractivity contribution in [3.63, 3.8) is 0 Å². The number of fused-ring (bicyclic) bond motifs is 2. The lowest BCUT2D eigenvalue weighted by Crippen LogP contribution is -2.54. The highest BCUT2D eigenvalue weighted by Crippen LogP contribution is 2.65. The van der Waals surface area contributed by atoms with Gasteiger partial charge in [-0.3, -0.25) is 0 Å². The van der Waals surface area contributed by atoms with Crippen LogP contribution in [0.3, 0.4) is 0 Å². The molecular weight excluding hydrogens is 164 g/mol. The van der Waals surface area contributed by atoms with Gasteiger partial charge in [0, 0.05) is 0 Å². The summed E-state index contributed by atoms with van der Waals surface area (Å²) in [6.07, 6.45) is 2.11. The lowest BCUT2D eigenvalue weighted by Gasteiger charge is -2.41. The van der Waals surface area contributed by atoms with E-state index in [4.69, 9.17) is 0 Å². The second-order valence-electron chi connectivity index (χ2n) is 5.80. The van der Waals surface area contributed by atoms with Crippen molar-refractivity contribution in [3.05, 3.63) is 0 Å². The molecule has 2 rings (SSSR count). The molecule has 0 aromatic heterocycles. The van der Waals surface area contributed by atoms with Gasteiger partial charge in [0.15, 0.2) is 0 Å². The van der Waals surface area contributed by atoms with Crippen LogP contribution in [0.5, 0.6) is 0 Å². The maximum Gasteiger partial charge on any atom is 0.0938 e. The van der Waals surface area contributed by atoms with Gasteiger partial charge in [-0.25, -0.2) is 0 Å². The van der Waals surface area contributed by atoms with Crippen molar-refractivity contribution in [1.29, 1.82) is 0 Å². The number of aliphatic hydroxyl groups is 2. The summed E-state index contributed by atoms with van der Waals surface area (Å²) in [6.45, 7) is 7.92. The molecule has 0 aromatic rings. The second kappa shape index (κ2) is 2.12. The molecule has 2 nitrogen and oxygen atoms in total. The van der Waals surface area contributed by atoms with E-state index >= 15 is 0 Å². The summed E-state index contributed by atoms with van der Waals surface area (Å²) in [4.78, 5) is 0. The minimum absolute atomic E-state index is 0.0903. The van der Waals surface area contributed by atoms with Gasteiger partial charge in [-0.1, -0.05) is 13.8 Å². The number of rotatable bonds is 0. The highest BCUT2D eigenvalue weighted by atomic mass is 16.4. The van der Waals surface area contributed by atoms with Crippen LogP contribution in [0.4, 0.5) is 0 Å². The molecular formula is C11H20O2. The third-order valence-corrected chi connectivity index (χ3v) is 4.92. The van der Waals surface area contributed by atoms with Crippen molar-refractivity contribution >= 4 is 0 Å². The normalized spacial score (nSPS) is 58.6. The van der Waals surface area contributed by atoms with E-state index in [1.54, 1.807) is 13.8 Å². The van der Waals surface area contributed by atoms with Gasteiger partial charge in [0.2, 0.25) is 0 Å². The van der Waals surface area contributed by atoms with Gasteiger partial charge < -0.3 is 10.2 Å². The van der Waals surface area contributed by atoms with Gasteiger partial charge in [0.05, 0.1) is 11.2 Å². The molecule has 0 saturated heterocycles. The van der Waals surface area contributed by atoms with Gasteiger partial charge in [-0.05, 0) is 43.9 Å². The van der Waals surface area contributed by atoms with Crippen LogP contribution in [0.1, 0.15) is 40.5 Å². The van der Waals surface area contributed by atoms with Crippen molar-refractivity contribution in [3.8, 4) is 0 Å². The van der Waals surface area contributed by atoms with Gasteiger partial charge in [-0.2, -0.15) is 0 Å². The fourth-order valence-corrected chi connectivity index (χ4v) is 4.04. The Morgan fingerprint density at radius 2 is 1.15 bits per heavy atom. The minimum atomic E-state index is -0.903. The van der Waals surface area contributed by atoms with E-state index in [0.717, 1.165) is 12.8 Å². The Labute approximate surface area is 80.0 Å². The molecule has 2 aliphatic carbocycles. The minimum Gasteiger partial charge on any atom is -0.387 e. The molecule has 0 radical (unpaired) electrons. The molecule has 0 amide bonds. The van der Waals surface area contributed by atoms with Gasteiger partial charge >= 0.3 is 0 Å². The smallest absolute Gasteiger partial charge is 0.0938 e. The van der Waals surface area contributed by atoms with Crippen LogP contribution in [-0.2, 0) is 0 Å². The Morgan fingerprint density at radius 1 is 0.846 bits per heavy atom. The van der Waals surface area contributed by atoms with E-state index < -0.39 is 11.2 Å². The first-order valence-corrected chi connectivity index (χ1v) is 5.17. The zero-order chi connectivity index (χ0) is 10.1. The van der Waals surface area contributed by atoms with Crippen LogP contribution in [0.25, 0.3) is 0 Å². The molecule has 2 saturated carbocycles. The molecule has 0 heterocycles. The molecule has 13 heavy (non-hydrogen) atoms. The lowest BCUT2D eigenvalue weighted by molar-refractivity contribution is -0.160. The highest BCUT2D eigenvalue weighted by Gasteiger charge is 2.70. The summed E-state index contributed by atoms with van der Waals surface area (Å²) in [5.74, 6) is 0.500. The third kappa shape index (κ3) is 0.816.